The molecule has 1 aromatic carbocycles. The Morgan fingerprint density at radius 3 is 2.57 bits per heavy atom. The Morgan fingerprint density at radius 1 is 1.17 bits per heavy atom. The molecule has 0 saturated carbocycles. The molecule has 0 bridgehead atoms. The highest BCUT2D eigenvalue weighted by atomic mass is 19.1. The number of likely N-dealkylation sites (tertiary alicyclic amines) is 1. The van der Waals surface area contributed by atoms with Crippen molar-refractivity contribution in [3.8, 4) is 6.01 Å². The number of hydrogen-bond acceptors (Lipinski definition) is 4. The fraction of sp³-hybridized carbons (Fsp3) is 0.312. The number of amides is 1. The van der Waals surface area contributed by atoms with E-state index in [9.17, 15) is 13.6 Å². The zero-order valence-electron chi connectivity index (χ0n) is 12.3. The van der Waals surface area contributed by atoms with E-state index in [-0.39, 0.29) is 18.7 Å². The summed E-state index contributed by atoms with van der Waals surface area (Å²) in [5, 5.41) is 0. The summed E-state index contributed by atoms with van der Waals surface area (Å²) in [4.78, 5) is 21.7. The summed E-state index contributed by atoms with van der Waals surface area (Å²) in [5.41, 5.74) is -0.524. The fourth-order valence-corrected chi connectivity index (χ4v) is 2.57. The van der Waals surface area contributed by atoms with Crippen molar-refractivity contribution in [2.45, 2.75) is 18.9 Å². The van der Waals surface area contributed by atoms with Gasteiger partial charge in [0.1, 0.15) is 23.3 Å². The highest BCUT2D eigenvalue weighted by Crippen LogP contribution is 2.20. The van der Waals surface area contributed by atoms with Crippen LogP contribution >= 0.6 is 0 Å². The quantitative estimate of drug-likeness (QED) is 0.872. The molecule has 0 spiro atoms. The molecule has 1 amide bonds. The number of hydrogen-bond donors (Lipinski definition) is 0. The van der Waals surface area contributed by atoms with Crippen molar-refractivity contribution in [1.29, 1.82) is 0 Å². The molecule has 3 rings (SSSR count). The molecular formula is C16H15F2N3O2. The first-order valence-corrected chi connectivity index (χ1v) is 7.32. The Kier molecular flexibility index (Phi) is 4.45. The Morgan fingerprint density at radius 2 is 1.87 bits per heavy atom. The van der Waals surface area contributed by atoms with E-state index in [0.717, 1.165) is 18.6 Å². The van der Waals surface area contributed by atoms with Crippen LogP contribution in [0.25, 0.3) is 0 Å². The van der Waals surface area contributed by atoms with Gasteiger partial charge in [-0.2, -0.15) is 0 Å². The van der Waals surface area contributed by atoms with Crippen LogP contribution in [0, 0.1) is 11.6 Å². The lowest BCUT2D eigenvalue weighted by molar-refractivity contribution is 0.0507. The predicted octanol–water partition coefficient (Wildman–Crippen LogP) is 2.44. The Hall–Kier alpha value is -2.57. The van der Waals surface area contributed by atoms with Gasteiger partial charge >= 0.3 is 6.01 Å². The van der Waals surface area contributed by atoms with Crippen molar-refractivity contribution in [1.82, 2.24) is 14.9 Å². The van der Waals surface area contributed by atoms with Crippen molar-refractivity contribution >= 4 is 5.91 Å². The molecule has 7 heteroatoms. The summed E-state index contributed by atoms with van der Waals surface area (Å²) >= 11 is 0. The topological polar surface area (TPSA) is 55.3 Å². The fourth-order valence-electron chi connectivity index (χ4n) is 2.57. The molecule has 1 aliphatic rings. The molecule has 0 N–H and O–H groups in total. The van der Waals surface area contributed by atoms with E-state index in [1.807, 2.05) is 0 Å². The average molecular weight is 319 g/mol. The SMILES string of the molecule is O=C(c1c(F)cccc1F)N1CCCC(Oc2ncccn2)C1. The maximum Gasteiger partial charge on any atom is 0.316 e. The molecule has 1 aromatic heterocycles. The third-order valence-corrected chi connectivity index (χ3v) is 3.66. The Bertz CT molecular complexity index is 677. The minimum absolute atomic E-state index is 0.226. The lowest BCUT2D eigenvalue weighted by Gasteiger charge is -2.32. The number of rotatable bonds is 3. The summed E-state index contributed by atoms with van der Waals surface area (Å²) in [6.07, 6.45) is 4.22. The third-order valence-electron chi connectivity index (χ3n) is 3.66. The van der Waals surface area contributed by atoms with Crippen LogP contribution in [-0.4, -0.2) is 40.0 Å². The van der Waals surface area contributed by atoms with Crippen LogP contribution in [-0.2, 0) is 0 Å². The minimum Gasteiger partial charge on any atom is -0.458 e. The van der Waals surface area contributed by atoms with Crippen molar-refractivity contribution in [2.75, 3.05) is 13.1 Å². The average Bonchev–Trinajstić information content (AvgIpc) is 2.56. The van der Waals surface area contributed by atoms with E-state index in [1.165, 1.54) is 11.0 Å². The Balaban J connectivity index is 1.72. The van der Waals surface area contributed by atoms with Crippen LogP contribution in [0.5, 0.6) is 6.01 Å². The zero-order chi connectivity index (χ0) is 16.2. The largest absolute Gasteiger partial charge is 0.458 e. The van der Waals surface area contributed by atoms with E-state index < -0.39 is 23.1 Å². The maximum absolute atomic E-state index is 13.8. The molecule has 1 fully saturated rings. The molecule has 23 heavy (non-hydrogen) atoms. The van der Waals surface area contributed by atoms with Crippen LogP contribution in [0.4, 0.5) is 8.78 Å². The Labute approximate surface area is 131 Å². The summed E-state index contributed by atoms with van der Waals surface area (Å²) in [7, 11) is 0. The highest BCUT2D eigenvalue weighted by Gasteiger charge is 2.29. The van der Waals surface area contributed by atoms with Gasteiger partial charge in [0.25, 0.3) is 5.91 Å². The molecular weight excluding hydrogens is 304 g/mol. The monoisotopic (exact) mass is 319 g/mol. The number of benzene rings is 1. The van der Waals surface area contributed by atoms with Crippen LogP contribution in [0.3, 0.4) is 0 Å². The van der Waals surface area contributed by atoms with Gasteiger partial charge in [-0.3, -0.25) is 4.79 Å². The second-order valence-electron chi connectivity index (χ2n) is 5.26. The number of nitrogens with zero attached hydrogens (tertiary/aromatic N) is 3. The van der Waals surface area contributed by atoms with Gasteiger partial charge in [0.05, 0.1) is 6.54 Å². The van der Waals surface area contributed by atoms with E-state index in [2.05, 4.69) is 9.97 Å². The van der Waals surface area contributed by atoms with Gasteiger partial charge in [-0.05, 0) is 31.0 Å². The standard InChI is InChI=1S/C16H15F2N3O2/c17-12-5-1-6-13(18)14(12)15(22)21-9-2-4-11(10-21)23-16-19-7-3-8-20-16/h1,3,5-8,11H,2,4,9-10H2. The molecule has 1 unspecified atom stereocenters. The van der Waals surface area contributed by atoms with Gasteiger partial charge < -0.3 is 9.64 Å². The summed E-state index contributed by atoms with van der Waals surface area (Å²) in [5.74, 6) is -2.38. The first kappa shape index (κ1) is 15.3. The lowest BCUT2D eigenvalue weighted by atomic mass is 10.1. The summed E-state index contributed by atoms with van der Waals surface area (Å²) in [6, 6.07) is 5.28. The molecule has 0 aliphatic carbocycles. The van der Waals surface area contributed by atoms with Crippen molar-refractivity contribution in [3.05, 3.63) is 53.9 Å². The maximum atomic E-state index is 13.8. The van der Waals surface area contributed by atoms with Crippen LogP contribution in [0.15, 0.2) is 36.7 Å². The number of carbonyl (C=O) groups is 1. The van der Waals surface area contributed by atoms with E-state index >= 15 is 0 Å². The molecule has 120 valence electrons. The van der Waals surface area contributed by atoms with Crippen LogP contribution in [0.1, 0.15) is 23.2 Å². The van der Waals surface area contributed by atoms with Gasteiger partial charge in [-0.15, -0.1) is 0 Å². The van der Waals surface area contributed by atoms with Crippen LogP contribution in [0.2, 0.25) is 0 Å². The van der Waals surface area contributed by atoms with Gasteiger partial charge in [0, 0.05) is 18.9 Å². The smallest absolute Gasteiger partial charge is 0.316 e. The molecule has 1 atom stereocenters. The second-order valence-corrected chi connectivity index (χ2v) is 5.26. The number of piperidine rings is 1. The van der Waals surface area contributed by atoms with Crippen LogP contribution < -0.4 is 4.74 Å². The second kappa shape index (κ2) is 6.68. The van der Waals surface area contributed by atoms with E-state index in [4.69, 9.17) is 4.74 Å². The number of ether oxygens (including phenoxy) is 1. The van der Waals surface area contributed by atoms with Crippen molar-refractivity contribution < 1.29 is 18.3 Å². The molecule has 0 radical (unpaired) electrons. The van der Waals surface area contributed by atoms with E-state index in [1.54, 1.807) is 18.5 Å². The van der Waals surface area contributed by atoms with Gasteiger partial charge in [-0.1, -0.05) is 6.07 Å². The summed E-state index contributed by atoms with van der Waals surface area (Å²) in [6.45, 7) is 0.674. The van der Waals surface area contributed by atoms with Gasteiger partial charge in [0.2, 0.25) is 0 Å². The first-order valence-electron chi connectivity index (χ1n) is 7.32. The lowest BCUT2D eigenvalue weighted by Crippen LogP contribution is -2.45. The number of halogens is 2. The van der Waals surface area contributed by atoms with Gasteiger partial charge in [0.15, 0.2) is 0 Å². The predicted molar refractivity (Wildman–Crippen MR) is 77.9 cm³/mol. The molecule has 2 aromatic rings. The third kappa shape index (κ3) is 3.44. The minimum atomic E-state index is -0.857. The molecule has 1 aliphatic heterocycles. The van der Waals surface area contributed by atoms with Gasteiger partial charge in [-0.25, -0.2) is 18.7 Å². The highest BCUT2D eigenvalue weighted by molar-refractivity contribution is 5.94. The molecule has 1 saturated heterocycles. The normalized spacial score (nSPS) is 17.8. The first-order chi connectivity index (χ1) is 11.1. The molecule has 5 nitrogen and oxygen atoms in total. The van der Waals surface area contributed by atoms with Crippen molar-refractivity contribution in [3.63, 3.8) is 0 Å². The number of carbonyl (C=O) groups excluding carboxylic acids is 1. The number of aromatic nitrogens is 2. The van der Waals surface area contributed by atoms with E-state index in [0.29, 0.717) is 13.0 Å². The zero-order valence-corrected chi connectivity index (χ0v) is 12.3. The summed E-state index contributed by atoms with van der Waals surface area (Å²) < 4.78 is 33.2. The van der Waals surface area contributed by atoms with Crippen molar-refractivity contribution in [2.24, 2.45) is 0 Å². The molecule has 2 heterocycles.